The zero-order chi connectivity index (χ0) is 9.38. The summed E-state index contributed by atoms with van der Waals surface area (Å²) in [4.78, 5) is 4.52. The van der Waals surface area contributed by atoms with E-state index in [1.165, 1.54) is 37.8 Å². The normalized spacial score (nSPS) is 35.9. The number of pyridine rings is 1. The van der Waals surface area contributed by atoms with Crippen molar-refractivity contribution in [2.45, 2.75) is 38.0 Å². The molecule has 0 spiro atoms. The van der Waals surface area contributed by atoms with Gasteiger partial charge in [-0.25, -0.2) is 0 Å². The van der Waals surface area contributed by atoms with Gasteiger partial charge >= 0.3 is 0 Å². The van der Waals surface area contributed by atoms with Gasteiger partial charge in [0.25, 0.3) is 0 Å². The Labute approximate surface area is 85.6 Å². The molecule has 3 aliphatic rings. The van der Waals surface area contributed by atoms with Crippen LogP contribution in [0.1, 0.15) is 43.7 Å². The molecule has 3 aliphatic carbocycles. The Morgan fingerprint density at radius 3 is 2.50 bits per heavy atom. The Morgan fingerprint density at radius 2 is 1.93 bits per heavy atom. The van der Waals surface area contributed by atoms with Crippen molar-refractivity contribution in [3.8, 4) is 0 Å². The van der Waals surface area contributed by atoms with E-state index >= 15 is 0 Å². The lowest BCUT2D eigenvalue weighted by molar-refractivity contribution is 0.142. The molecule has 2 bridgehead atoms. The molecule has 1 aromatic rings. The molecule has 0 radical (unpaired) electrons. The second-order valence-electron chi connectivity index (χ2n) is 4.88. The third-order valence-electron chi connectivity index (χ3n) is 4.12. The molecule has 3 saturated carbocycles. The lowest BCUT2D eigenvalue weighted by Crippen LogP contribution is -2.30. The maximum absolute atomic E-state index is 4.52. The second-order valence-corrected chi connectivity index (χ2v) is 4.88. The number of fused-ring (bicyclic) bond motifs is 3. The number of aromatic nitrogens is 1. The van der Waals surface area contributed by atoms with E-state index in [0.717, 1.165) is 17.8 Å². The van der Waals surface area contributed by atoms with Gasteiger partial charge in [-0.15, -0.1) is 0 Å². The highest BCUT2D eigenvalue weighted by atomic mass is 14.7. The maximum atomic E-state index is 4.52. The van der Waals surface area contributed by atoms with Crippen molar-refractivity contribution in [2.24, 2.45) is 11.8 Å². The van der Waals surface area contributed by atoms with Gasteiger partial charge in [0, 0.05) is 17.8 Å². The summed E-state index contributed by atoms with van der Waals surface area (Å²) >= 11 is 0. The van der Waals surface area contributed by atoms with Gasteiger partial charge in [-0.1, -0.05) is 18.9 Å². The average molecular weight is 187 g/mol. The molecule has 0 aromatic carbocycles. The van der Waals surface area contributed by atoms with Gasteiger partial charge in [0.2, 0.25) is 0 Å². The van der Waals surface area contributed by atoms with Crippen LogP contribution in [0, 0.1) is 11.8 Å². The first-order chi connectivity index (χ1) is 6.93. The predicted molar refractivity (Wildman–Crippen MR) is 57.0 cm³/mol. The number of hydrogen-bond acceptors (Lipinski definition) is 1. The lowest BCUT2D eigenvalue weighted by atomic mass is 9.64. The quantitative estimate of drug-likeness (QED) is 0.657. The molecule has 1 unspecified atom stereocenters. The third-order valence-corrected chi connectivity index (χ3v) is 4.12. The first-order valence-electron chi connectivity index (χ1n) is 5.84. The first kappa shape index (κ1) is 8.46. The molecule has 3 fully saturated rings. The van der Waals surface area contributed by atoms with E-state index in [-0.39, 0.29) is 0 Å². The summed E-state index contributed by atoms with van der Waals surface area (Å²) in [5.41, 5.74) is 1.35. The number of hydrogen-bond donors (Lipinski definition) is 0. The van der Waals surface area contributed by atoms with E-state index in [0.29, 0.717) is 0 Å². The Kier molecular flexibility index (Phi) is 2.04. The molecule has 0 aliphatic heterocycles. The van der Waals surface area contributed by atoms with Crippen LogP contribution >= 0.6 is 0 Å². The van der Waals surface area contributed by atoms with E-state index in [1.54, 1.807) is 0 Å². The van der Waals surface area contributed by atoms with Crippen LogP contribution in [0.25, 0.3) is 0 Å². The lowest BCUT2D eigenvalue weighted by Gasteiger charge is -2.42. The van der Waals surface area contributed by atoms with Crippen LogP contribution in [0.4, 0.5) is 0 Å². The minimum atomic E-state index is 0.781. The van der Waals surface area contributed by atoms with Crippen molar-refractivity contribution in [2.75, 3.05) is 0 Å². The van der Waals surface area contributed by atoms with Crippen LogP contribution < -0.4 is 0 Å². The summed E-state index contributed by atoms with van der Waals surface area (Å²) in [5, 5.41) is 0. The Bertz CT molecular complexity index is 298. The highest BCUT2D eigenvalue weighted by Gasteiger charge is 2.36. The van der Waals surface area contributed by atoms with E-state index in [9.17, 15) is 0 Å². The summed E-state index contributed by atoms with van der Waals surface area (Å²) in [6, 6.07) is 6.36. The minimum Gasteiger partial charge on any atom is -0.261 e. The van der Waals surface area contributed by atoms with Crippen LogP contribution in [0.2, 0.25) is 0 Å². The van der Waals surface area contributed by atoms with Crippen LogP contribution in [0.3, 0.4) is 0 Å². The van der Waals surface area contributed by atoms with E-state index in [2.05, 4.69) is 17.1 Å². The highest BCUT2D eigenvalue weighted by Crippen LogP contribution is 2.48. The molecule has 1 nitrogen and oxygen atoms in total. The third kappa shape index (κ3) is 1.35. The van der Waals surface area contributed by atoms with Crippen LogP contribution in [-0.2, 0) is 0 Å². The highest BCUT2D eigenvalue weighted by molar-refractivity contribution is 5.13. The van der Waals surface area contributed by atoms with Crippen molar-refractivity contribution in [3.63, 3.8) is 0 Å². The Morgan fingerprint density at radius 1 is 1.07 bits per heavy atom. The number of nitrogens with zero attached hydrogens (tertiary/aromatic N) is 1. The van der Waals surface area contributed by atoms with Gasteiger partial charge in [0.15, 0.2) is 0 Å². The van der Waals surface area contributed by atoms with Crippen LogP contribution in [0.5, 0.6) is 0 Å². The zero-order valence-electron chi connectivity index (χ0n) is 8.52. The van der Waals surface area contributed by atoms with Gasteiger partial charge in [0.1, 0.15) is 0 Å². The SMILES string of the molecule is c1ccc(C2CC3CCC2CC3)nc1. The summed E-state index contributed by atoms with van der Waals surface area (Å²) in [7, 11) is 0. The van der Waals surface area contributed by atoms with Gasteiger partial charge < -0.3 is 0 Å². The van der Waals surface area contributed by atoms with E-state index < -0.39 is 0 Å². The van der Waals surface area contributed by atoms with Gasteiger partial charge in [-0.3, -0.25) is 4.98 Å². The van der Waals surface area contributed by atoms with E-state index in [1.807, 2.05) is 12.3 Å². The van der Waals surface area contributed by atoms with Gasteiger partial charge in [0.05, 0.1) is 0 Å². The van der Waals surface area contributed by atoms with Crippen LogP contribution in [-0.4, -0.2) is 4.98 Å². The van der Waals surface area contributed by atoms with Crippen molar-refractivity contribution < 1.29 is 0 Å². The standard InChI is InChI=1S/C13H17N/c1-2-8-14-13(3-1)12-9-10-4-6-11(12)7-5-10/h1-3,8,10-12H,4-7,9H2. The summed E-state index contributed by atoms with van der Waals surface area (Å²) in [5.74, 6) is 2.73. The fraction of sp³-hybridized carbons (Fsp3) is 0.615. The fourth-order valence-corrected chi connectivity index (χ4v) is 3.34. The molecule has 1 heterocycles. The fourth-order valence-electron chi connectivity index (χ4n) is 3.34. The average Bonchev–Trinajstić information content (AvgIpc) is 2.32. The van der Waals surface area contributed by atoms with Crippen LogP contribution in [0.15, 0.2) is 24.4 Å². The molecule has 1 aromatic heterocycles. The molecule has 0 N–H and O–H groups in total. The molecular weight excluding hydrogens is 170 g/mol. The van der Waals surface area contributed by atoms with Gasteiger partial charge in [-0.05, 0) is 43.2 Å². The maximum Gasteiger partial charge on any atom is 0.0437 e. The monoisotopic (exact) mass is 187 g/mol. The smallest absolute Gasteiger partial charge is 0.0437 e. The largest absolute Gasteiger partial charge is 0.261 e. The molecule has 74 valence electrons. The van der Waals surface area contributed by atoms with Crippen molar-refractivity contribution in [1.29, 1.82) is 0 Å². The molecular formula is C13H17N. The Hall–Kier alpha value is -0.850. The number of rotatable bonds is 1. The van der Waals surface area contributed by atoms with E-state index in [4.69, 9.17) is 0 Å². The summed E-state index contributed by atoms with van der Waals surface area (Å²) < 4.78 is 0. The van der Waals surface area contributed by atoms with Crippen molar-refractivity contribution in [3.05, 3.63) is 30.1 Å². The van der Waals surface area contributed by atoms with Crippen molar-refractivity contribution >= 4 is 0 Å². The molecule has 1 atom stereocenters. The summed E-state index contributed by atoms with van der Waals surface area (Å²) in [6.45, 7) is 0. The molecule has 0 saturated heterocycles. The minimum absolute atomic E-state index is 0.781. The second kappa shape index (κ2) is 3.38. The Balaban J connectivity index is 1.86. The predicted octanol–water partition coefficient (Wildman–Crippen LogP) is 3.38. The van der Waals surface area contributed by atoms with Crippen molar-refractivity contribution in [1.82, 2.24) is 4.98 Å². The molecule has 0 amide bonds. The molecule has 4 rings (SSSR count). The molecule has 1 heteroatoms. The molecule has 14 heavy (non-hydrogen) atoms. The first-order valence-corrected chi connectivity index (χ1v) is 5.84. The zero-order valence-corrected chi connectivity index (χ0v) is 8.52. The van der Waals surface area contributed by atoms with Gasteiger partial charge in [-0.2, -0.15) is 0 Å². The topological polar surface area (TPSA) is 12.9 Å². The summed E-state index contributed by atoms with van der Waals surface area (Å²) in [6.07, 6.45) is 9.21.